The molecule has 0 amide bonds. The molecule has 1 aliphatic rings. The first-order valence-electron chi connectivity index (χ1n) is 7.15. The van der Waals surface area contributed by atoms with Crippen molar-refractivity contribution in [2.45, 2.75) is 31.2 Å². The predicted octanol–water partition coefficient (Wildman–Crippen LogP) is 1.48. The molecule has 0 spiro atoms. The fourth-order valence-corrected chi connectivity index (χ4v) is 4.26. The molecule has 118 valence electrons. The van der Waals surface area contributed by atoms with Crippen LogP contribution in [0.4, 0.5) is 0 Å². The monoisotopic (exact) mass is 331 g/mol. The fraction of sp³-hybridized carbons (Fsp3) is 0.571. The molecule has 0 unspecified atom stereocenters. The summed E-state index contributed by atoms with van der Waals surface area (Å²) in [5.74, 6) is 0. The number of nitrogens with one attached hydrogen (secondary N) is 1. The van der Waals surface area contributed by atoms with Crippen LogP contribution in [-0.2, 0) is 16.6 Å². The highest BCUT2D eigenvalue weighted by Gasteiger charge is 2.20. The van der Waals surface area contributed by atoms with E-state index in [9.17, 15) is 8.42 Å². The molecule has 0 aliphatic carbocycles. The molecule has 1 aliphatic heterocycles. The molecule has 1 fully saturated rings. The van der Waals surface area contributed by atoms with Gasteiger partial charge >= 0.3 is 0 Å². The van der Waals surface area contributed by atoms with Crippen LogP contribution in [0.15, 0.2) is 17.0 Å². The molecular weight excluding hydrogens is 310 g/mol. The van der Waals surface area contributed by atoms with Gasteiger partial charge in [0.2, 0.25) is 10.0 Å². The van der Waals surface area contributed by atoms with Gasteiger partial charge in [-0.2, -0.15) is 0 Å². The zero-order valence-corrected chi connectivity index (χ0v) is 13.8. The summed E-state index contributed by atoms with van der Waals surface area (Å²) in [5, 5.41) is 0.390. The third-order valence-corrected chi connectivity index (χ3v) is 5.67. The highest BCUT2D eigenvalue weighted by molar-refractivity contribution is 7.89. The maximum absolute atomic E-state index is 12.4. The Bertz CT molecular complexity index is 598. The van der Waals surface area contributed by atoms with Gasteiger partial charge < -0.3 is 10.6 Å². The zero-order chi connectivity index (χ0) is 15.5. The third-order valence-electron chi connectivity index (χ3n) is 3.86. The number of nitrogens with zero attached hydrogens (tertiary/aromatic N) is 1. The van der Waals surface area contributed by atoms with Crippen LogP contribution in [0.2, 0.25) is 5.02 Å². The van der Waals surface area contributed by atoms with E-state index in [1.54, 1.807) is 13.0 Å². The average Bonchev–Trinajstić information content (AvgIpc) is 2.93. The molecule has 1 aromatic carbocycles. The lowest BCUT2D eigenvalue weighted by Crippen LogP contribution is -2.33. The van der Waals surface area contributed by atoms with Crippen LogP contribution in [0.3, 0.4) is 0 Å². The van der Waals surface area contributed by atoms with E-state index in [-0.39, 0.29) is 11.4 Å². The Morgan fingerprint density at radius 1 is 1.33 bits per heavy atom. The summed E-state index contributed by atoms with van der Waals surface area (Å²) < 4.78 is 27.5. The maximum atomic E-state index is 12.4. The molecule has 0 radical (unpaired) electrons. The van der Waals surface area contributed by atoms with Crippen LogP contribution in [0.1, 0.15) is 24.0 Å². The summed E-state index contributed by atoms with van der Waals surface area (Å²) in [5.41, 5.74) is 7.05. The minimum Gasteiger partial charge on any atom is -0.326 e. The summed E-state index contributed by atoms with van der Waals surface area (Å²) in [6.07, 6.45) is 2.39. The van der Waals surface area contributed by atoms with Gasteiger partial charge in [0, 0.05) is 24.7 Å². The first-order valence-corrected chi connectivity index (χ1v) is 9.01. The standard InChI is InChI=1S/C14H22ClN3O2S/c1-11-12(10-16)8-13(15)9-14(11)21(19,20)17-4-7-18-5-2-3-6-18/h8-9,17H,2-7,10,16H2,1H3. The van der Waals surface area contributed by atoms with E-state index in [4.69, 9.17) is 17.3 Å². The predicted molar refractivity (Wildman–Crippen MR) is 84.9 cm³/mol. The Morgan fingerprint density at radius 2 is 2.00 bits per heavy atom. The fourth-order valence-electron chi connectivity index (χ4n) is 2.62. The molecule has 2 rings (SSSR count). The van der Waals surface area contributed by atoms with E-state index in [1.165, 1.54) is 18.9 Å². The van der Waals surface area contributed by atoms with Gasteiger partial charge in [0.15, 0.2) is 0 Å². The number of benzene rings is 1. The second-order valence-corrected chi connectivity index (χ2v) is 7.51. The average molecular weight is 332 g/mol. The van der Waals surface area contributed by atoms with Crippen molar-refractivity contribution >= 4 is 21.6 Å². The molecule has 5 nitrogen and oxygen atoms in total. The second-order valence-electron chi connectivity index (χ2n) is 5.34. The molecule has 1 aromatic rings. The SMILES string of the molecule is Cc1c(CN)cc(Cl)cc1S(=O)(=O)NCCN1CCCC1. The minimum absolute atomic E-state index is 0.219. The van der Waals surface area contributed by atoms with Crippen LogP contribution in [0, 0.1) is 6.92 Å². The first kappa shape index (κ1) is 16.7. The molecule has 0 aromatic heterocycles. The Balaban J connectivity index is 2.09. The van der Waals surface area contributed by atoms with Gasteiger partial charge in [0.25, 0.3) is 0 Å². The Labute approximate surface area is 131 Å². The van der Waals surface area contributed by atoms with Gasteiger partial charge in [0.1, 0.15) is 0 Å². The highest BCUT2D eigenvalue weighted by Crippen LogP contribution is 2.24. The molecule has 0 bridgehead atoms. The molecule has 7 heteroatoms. The number of hydrogen-bond acceptors (Lipinski definition) is 4. The van der Waals surface area contributed by atoms with Gasteiger partial charge in [-0.3, -0.25) is 0 Å². The topological polar surface area (TPSA) is 75.4 Å². The first-order chi connectivity index (χ1) is 9.94. The van der Waals surface area contributed by atoms with Crippen molar-refractivity contribution in [2.24, 2.45) is 5.73 Å². The Hall–Kier alpha value is -0.660. The Kier molecular flexibility index (Phi) is 5.62. The summed E-state index contributed by atoms with van der Waals surface area (Å²) in [7, 11) is -3.55. The van der Waals surface area contributed by atoms with Crippen molar-refractivity contribution in [3.8, 4) is 0 Å². The van der Waals surface area contributed by atoms with Crippen LogP contribution >= 0.6 is 11.6 Å². The van der Waals surface area contributed by atoms with Crippen molar-refractivity contribution in [2.75, 3.05) is 26.2 Å². The summed E-state index contributed by atoms with van der Waals surface area (Å²) in [4.78, 5) is 2.48. The van der Waals surface area contributed by atoms with E-state index in [2.05, 4.69) is 9.62 Å². The smallest absolute Gasteiger partial charge is 0.240 e. The molecule has 1 heterocycles. The van der Waals surface area contributed by atoms with Gasteiger partial charge in [-0.05, 0) is 56.1 Å². The molecule has 3 N–H and O–H groups in total. The number of sulfonamides is 1. The number of halogens is 1. The van der Waals surface area contributed by atoms with Crippen LogP contribution in [-0.4, -0.2) is 39.5 Å². The lowest BCUT2D eigenvalue weighted by molar-refractivity contribution is 0.344. The van der Waals surface area contributed by atoms with E-state index in [0.717, 1.165) is 25.2 Å². The van der Waals surface area contributed by atoms with Gasteiger partial charge in [0.05, 0.1) is 4.90 Å². The van der Waals surface area contributed by atoms with E-state index in [1.807, 2.05) is 0 Å². The van der Waals surface area contributed by atoms with Crippen molar-refractivity contribution < 1.29 is 8.42 Å². The van der Waals surface area contributed by atoms with Crippen molar-refractivity contribution in [3.63, 3.8) is 0 Å². The van der Waals surface area contributed by atoms with Crippen molar-refractivity contribution in [1.82, 2.24) is 9.62 Å². The van der Waals surface area contributed by atoms with Crippen LogP contribution in [0.25, 0.3) is 0 Å². The normalized spacial score (nSPS) is 16.5. The van der Waals surface area contributed by atoms with Gasteiger partial charge in [-0.25, -0.2) is 13.1 Å². The molecule has 21 heavy (non-hydrogen) atoms. The number of hydrogen-bond donors (Lipinski definition) is 2. The third kappa shape index (κ3) is 4.17. The zero-order valence-electron chi connectivity index (χ0n) is 12.2. The van der Waals surface area contributed by atoms with Crippen molar-refractivity contribution in [1.29, 1.82) is 0 Å². The van der Waals surface area contributed by atoms with E-state index >= 15 is 0 Å². The van der Waals surface area contributed by atoms with Gasteiger partial charge in [-0.15, -0.1) is 0 Å². The Morgan fingerprint density at radius 3 is 2.62 bits per heavy atom. The summed E-state index contributed by atoms with van der Waals surface area (Å²) >= 11 is 5.99. The van der Waals surface area contributed by atoms with E-state index in [0.29, 0.717) is 17.1 Å². The largest absolute Gasteiger partial charge is 0.326 e. The highest BCUT2D eigenvalue weighted by atomic mass is 35.5. The molecule has 0 saturated carbocycles. The molecule has 1 saturated heterocycles. The van der Waals surface area contributed by atoms with Gasteiger partial charge in [-0.1, -0.05) is 11.6 Å². The van der Waals surface area contributed by atoms with E-state index < -0.39 is 10.0 Å². The summed E-state index contributed by atoms with van der Waals surface area (Å²) in [6, 6.07) is 3.19. The molecular formula is C14H22ClN3O2S. The van der Waals surface area contributed by atoms with Crippen LogP contribution in [0.5, 0.6) is 0 Å². The molecule has 0 atom stereocenters. The quantitative estimate of drug-likeness (QED) is 0.828. The lowest BCUT2D eigenvalue weighted by atomic mass is 10.1. The minimum atomic E-state index is -3.55. The number of rotatable bonds is 6. The maximum Gasteiger partial charge on any atom is 0.240 e. The van der Waals surface area contributed by atoms with Crippen molar-refractivity contribution in [3.05, 3.63) is 28.3 Å². The second kappa shape index (κ2) is 7.07. The number of nitrogens with two attached hydrogens (primary N) is 1. The summed E-state index contributed by atoms with van der Waals surface area (Å²) in [6.45, 7) is 5.27. The van der Waals surface area contributed by atoms with Crippen LogP contribution < -0.4 is 10.5 Å². The number of likely N-dealkylation sites (tertiary alicyclic amines) is 1. The lowest BCUT2D eigenvalue weighted by Gasteiger charge is -2.16.